The van der Waals surface area contributed by atoms with Gasteiger partial charge in [0.2, 0.25) is 0 Å². The van der Waals surface area contributed by atoms with Crippen LogP contribution in [0.1, 0.15) is 43.4 Å². The van der Waals surface area contributed by atoms with E-state index in [1.807, 2.05) is 0 Å². The molecule has 0 saturated carbocycles. The van der Waals surface area contributed by atoms with Gasteiger partial charge in [-0.1, -0.05) is 29.8 Å². The Balaban J connectivity index is 1.66. The summed E-state index contributed by atoms with van der Waals surface area (Å²) in [6.45, 7) is 7.08. The molecule has 2 heterocycles. The number of hydrogen-bond acceptors (Lipinski definition) is 2. The summed E-state index contributed by atoms with van der Waals surface area (Å²) >= 11 is 0. The van der Waals surface area contributed by atoms with E-state index in [0.29, 0.717) is 12.1 Å². The fraction of sp³-hybridized carbons (Fsp3) is 0.625. The van der Waals surface area contributed by atoms with Gasteiger partial charge in [-0.15, -0.1) is 0 Å². The molecule has 2 nitrogen and oxygen atoms in total. The van der Waals surface area contributed by atoms with E-state index in [9.17, 15) is 0 Å². The van der Waals surface area contributed by atoms with Crippen LogP contribution in [0.5, 0.6) is 0 Å². The third-order valence-electron chi connectivity index (χ3n) is 4.61. The summed E-state index contributed by atoms with van der Waals surface area (Å²) in [6.07, 6.45) is 4.10. The fourth-order valence-electron chi connectivity index (χ4n) is 3.63. The lowest BCUT2D eigenvalue weighted by Crippen LogP contribution is -2.40. The first-order valence-electron chi connectivity index (χ1n) is 7.31. The number of benzene rings is 1. The van der Waals surface area contributed by atoms with Crippen molar-refractivity contribution >= 4 is 0 Å². The van der Waals surface area contributed by atoms with Gasteiger partial charge in [0.05, 0.1) is 0 Å². The molecule has 98 valence electrons. The number of nitrogens with one attached hydrogen (secondary N) is 1. The number of fused-ring (bicyclic) bond motifs is 1. The first kappa shape index (κ1) is 12.2. The third kappa shape index (κ3) is 2.32. The topological polar surface area (TPSA) is 15.3 Å². The van der Waals surface area contributed by atoms with E-state index in [0.717, 1.165) is 6.04 Å². The Kier molecular flexibility index (Phi) is 3.40. The summed E-state index contributed by atoms with van der Waals surface area (Å²) in [5, 5.41) is 3.85. The Morgan fingerprint density at radius 3 is 3.00 bits per heavy atom. The van der Waals surface area contributed by atoms with Crippen molar-refractivity contribution in [1.82, 2.24) is 10.2 Å². The molecule has 2 unspecified atom stereocenters. The van der Waals surface area contributed by atoms with Crippen molar-refractivity contribution in [1.29, 1.82) is 0 Å². The van der Waals surface area contributed by atoms with Crippen LogP contribution in [-0.4, -0.2) is 30.1 Å². The minimum Gasteiger partial charge on any atom is -0.306 e. The fourth-order valence-corrected chi connectivity index (χ4v) is 3.63. The van der Waals surface area contributed by atoms with Gasteiger partial charge in [0, 0.05) is 24.7 Å². The van der Waals surface area contributed by atoms with Crippen LogP contribution in [0.25, 0.3) is 0 Å². The molecule has 1 aromatic carbocycles. The molecule has 3 atom stereocenters. The van der Waals surface area contributed by atoms with Crippen LogP contribution < -0.4 is 5.32 Å². The lowest BCUT2D eigenvalue weighted by atomic mass is 10.0. The molecule has 0 aromatic heterocycles. The molecular weight excluding hydrogens is 220 g/mol. The highest BCUT2D eigenvalue weighted by Crippen LogP contribution is 2.29. The lowest BCUT2D eigenvalue weighted by molar-refractivity contribution is 0.291. The van der Waals surface area contributed by atoms with Crippen LogP contribution in [0.3, 0.4) is 0 Å². The zero-order chi connectivity index (χ0) is 12.5. The van der Waals surface area contributed by atoms with Crippen molar-refractivity contribution in [3.05, 3.63) is 35.4 Å². The van der Waals surface area contributed by atoms with Crippen LogP contribution in [-0.2, 0) is 0 Å². The summed E-state index contributed by atoms with van der Waals surface area (Å²) in [4.78, 5) is 2.67. The second-order valence-corrected chi connectivity index (χ2v) is 5.94. The smallest absolute Gasteiger partial charge is 0.0295 e. The largest absolute Gasteiger partial charge is 0.306 e. The SMILES string of the molecule is Cc1cccc([C@@H](C)NC2CCN3CCCC23)c1. The predicted octanol–water partition coefficient (Wildman–Crippen LogP) is 2.88. The molecule has 0 aliphatic carbocycles. The van der Waals surface area contributed by atoms with Crippen molar-refractivity contribution in [3.8, 4) is 0 Å². The molecule has 2 aliphatic heterocycles. The monoisotopic (exact) mass is 244 g/mol. The van der Waals surface area contributed by atoms with E-state index >= 15 is 0 Å². The van der Waals surface area contributed by atoms with Gasteiger partial charge < -0.3 is 5.32 Å². The maximum Gasteiger partial charge on any atom is 0.0295 e. The zero-order valence-electron chi connectivity index (χ0n) is 11.5. The molecule has 0 amide bonds. The average Bonchev–Trinajstić information content (AvgIpc) is 2.94. The molecule has 2 heteroatoms. The molecule has 0 radical (unpaired) electrons. The molecule has 18 heavy (non-hydrogen) atoms. The van der Waals surface area contributed by atoms with Crippen molar-refractivity contribution in [2.24, 2.45) is 0 Å². The van der Waals surface area contributed by atoms with Gasteiger partial charge in [0.15, 0.2) is 0 Å². The second-order valence-electron chi connectivity index (χ2n) is 5.94. The van der Waals surface area contributed by atoms with Crippen molar-refractivity contribution in [3.63, 3.8) is 0 Å². The Bertz CT molecular complexity index is 415. The predicted molar refractivity (Wildman–Crippen MR) is 75.7 cm³/mol. The van der Waals surface area contributed by atoms with E-state index in [2.05, 4.69) is 48.3 Å². The maximum atomic E-state index is 3.85. The molecule has 0 bridgehead atoms. The Morgan fingerprint density at radius 1 is 1.28 bits per heavy atom. The first-order chi connectivity index (χ1) is 8.74. The first-order valence-corrected chi connectivity index (χ1v) is 7.31. The minimum absolute atomic E-state index is 0.468. The van der Waals surface area contributed by atoms with Gasteiger partial charge in [-0.05, 0) is 45.2 Å². The van der Waals surface area contributed by atoms with Crippen LogP contribution in [0.4, 0.5) is 0 Å². The standard InChI is InChI=1S/C16H24N2/c1-12-5-3-6-14(11-12)13(2)17-15-8-10-18-9-4-7-16(15)18/h3,5-6,11,13,15-17H,4,7-10H2,1-2H3/t13-,15?,16?/m1/s1. The van der Waals surface area contributed by atoms with Crippen LogP contribution in [0.15, 0.2) is 24.3 Å². The second kappa shape index (κ2) is 5.02. The normalized spacial score (nSPS) is 29.4. The third-order valence-corrected chi connectivity index (χ3v) is 4.61. The zero-order valence-corrected chi connectivity index (χ0v) is 11.5. The van der Waals surface area contributed by atoms with E-state index in [4.69, 9.17) is 0 Å². The van der Waals surface area contributed by atoms with Crippen LogP contribution >= 0.6 is 0 Å². The van der Waals surface area contributed by atoms with E-state index in [-0.39, 0.29) is 0 Å². The van der Waals surface area contributed by atoms with Gasteiger partial charge in [-0.2, -0.15) is 0 Å². The molecule has 2 fully saturated rings. The van der Waals surface area contributed by atoms with Crippen molar-refractivity contribution in [2.75, 3.05) is 13.1 Å². The van der Waals surface area contributed by atoms with Crippen LogP contribution in [0, 0.1) is 6.92 Å². The summed E-state index contributed by atoms with van der Waals surface area (Å²) < 4.78 is 0. The summed E-state index contributed by atoms with van der Waals surface area (Å²) in [5.41, 5.74) is 2.78. The molecule has 0 spiro atoms. The number of hydrogen-bond donors (Lipinski definition) is 1. The van der Waals surface area contributed by atoms with E-state index < -0.39 is 0 Å². The highest BCUT2D eigenvalue weighted by Gasteiger charge is 2.37. The highest BCUT2D eigenvalue weighted by atomic mass is 15.2. The van der Waals surface area contributed by atoms with Gasteiger partial charge in [0.25, 0.3) is 0 Å². The van der Waals surface area contributed by atoms with Crippen molar-refractivity contribution < 1.29 is 0 Å². The Labute approximate surface area is 110 Å². The average molecular weight is 244 g/mol. The number of rotatable bonds is 3. The molecule has 1 N–H and O–H groups in total. The summed E-state index contributed by atoms with van der Waals surface area (Å²) in [6, 6.07) is 10.9. The summed E-state index contributed by atoms with van der Waals surface area (Å²) in [7, 11) is 0. The Morgan fingerprint density at radius 2 is 2.17 bits per heavy atom. The molecule has 3 rings (SSSR count). The van der Waals surface area contributed by atoms with E-state index in [1.54, 1.807) is 0 Å². The molecular formula is C16H24N2. The summed E-state index contributed by atoms with van der Waals surface area (Å²) in [5.74, 6) is 0. The van der Waals surface area contributed by atoms with Gasteiger partial charge in [0.1, 0.15) is 0 Å². The minimum atomic E-state index is 0.468. The van der Waals surface area contributed by atoms with E-state index in [1.165, 1.54) is 43.5 Å². The van der Waals surface area contributed by atoms with Crippen molar-refractivity contribution in [2.45, 2.75) is 51.2 Å². The van der Waals surface area contributed by atoms with Gasteiger partial charge >= 0.3 is 0 Å². The van der Waals surface area contributed by atoms with Gasteiger partial charge in [-0.25, -0.2) is 0 Å². The molecule has 2 saturated heterocycles. The number of nitrogens with zero attached hydrogens (tertiary/aromatic N) is 1. The quantitative estimate of drug-likeness (QED) is 0.879. The van der Waals surface area contributed by atoms with Gasteiger partial charge in [-0.3, -0.25) is 4.90 Å². The Hall–Kier alpha value is -0.860. The maximum absolute atomic E-state index is 3.85. The van der Waals surface area contributed by atoms with Crippen LogP contribution in [0.2, 0.25) is 0 Å². The molecule has 1 aromatic rings. The number of aryl methyl sites for hydroxylation is 1. The highest BCUT2D eigenvalue weighted by molar-refractivity contribution is 5.24. The lowest BCUT2D eigenvalue weighted by Gasteiger charge is -2.25. The molecule has 2 aliphatic rings.